The van der Waals surface area contributed by atoms with E-state index < -0.39 is 21.6 Å². The van der Waals surface area contributed by atoms with Crippen LogP contribution in [0.4, 0.5) is 5.69 Å². The average molecular weight is 502 g/mol. The zero-order chi connectivity index (χ0) is 26.2. The van der Waals surface area contributed by atoms with Gasteiger partial charge in [-0.25, -0.2) is 8.42 Å². The lowest BCUT2D eigenvalue weighted by atomic mass is 10.0. The first-order valence-corrected chi connectivity index (χ1v) is 13.9. The number of anilines is 1. The Kier molecular flexibility index (Phi) is 9.89. The minimum atomic E-state index is -3.51. The summed E-state index contributed by atoms with van der Waals surface area (Å²) < 4.78 is 26.2. The molecule has 0 saturated heterocycles. The van der Waals surface area contributed by atoms with Crippen molar-refractivity contribution < 1.29 is 18.0 Å². The Morgan fingerprint density at radius 3 is 2.11 bits per heavy atom. The summed E-state index contributed by atoms with van der Waals surface area (Å²) in [5.74, 6) is -0.371. The van der Waals surface area contributed by atoms with Crippen LogP contribution in [0.2, 0.25) is 0 Å². The standard InChI is InChI=1S/C27H39N3O4S/c1-7-24(26(32)28-27(3,4)5)29(20-22-12-9-8-10-13-22)25(31)14-11-19-30(35(6,33)34)23-17-15-21(2)16-18-23/h8-10,12-13,15-18,24H,7,11,14,19-20H2,1-6H3,(H,28,32)/t24-/m1/s1. The molecule has 0 unspecified atom stereocenters. The van der Waals surface area contributed by atoms with Gasteiger partial charge >= 0.3 is 0 Å². The Labute approximate surface area is 210 Å². The van der Waals surface area contributed by atoms with Gasteiger partial charge in [0.15, 0.2) is 0 Å². The van der Waals surface area contributed by atoms with Crippen LogP contribution in [-0.2, 0) is 26.2 Å². The van der Waals surface area contributed by atoms with Crippen molar-refractivity contribution in [2.24, 2.45) is 0 Å². The van der Waals surface area contributed by atoms with Crippen molar-refractivity contribution in [2.45, 2.75) is 72.0 Å². The molecule has 0 aliphatic carbocycles. The molecule has 0 aliphatic rings. The van der Waals surface area contributed by atoms with Crippen LogP contribution in [0.15, 0.2) is 54.6 Å². The van der Waals surface area contributed by atoms with Crippen molar-refractivity contribution in [3.05, 3.63) is 65.7 Å². The van der Waals surface area contributed by atoms with Crippen molar-refractivity contribution in [3.8, 4) is 0 Å². The van der Waals surface area contributed by atoms with Gasteiger partial charge in [-0.1, -0.05) is 55.0 Å². The van der Waals surface area contributed by atoms with E-state index in [2.05, 4.69) is 5.32 Å². The van der Waals surface area contributed by atoms with E-state index in [9.17, 15) is 18.0 Å². The van der Waals surface area contributed by atoms with Gasteiger partial charge in [-0.2, -0.15) is 0 Å². The van der Waals surface area contributed by atoms with E-state index >= 15 is 0 Å². The molecule has 0 saturated carbocycles. The molecule has 0 heterocycles. The summed E-state index contributed by atoms with van der Waals surface area (Å²) in [5, 5.41) is 2.99. The monoisotopic (exact) mass is 501 g/mol. The van der Waals surface area contributed by atoms with E-state index in [1.54, 1.807) is 17.0 Å². The quantitative estimate of drug-likeness (QED) is 0.498. The molecule has 2 aromatic carbocycles. The Morgan fingerprint density at radius 1 is 1.00 bits per heavy atom. The Bertz CT molecular complexity index is 1080. The molecule has 1 N–H and O–H groups in total. The second kappa shape index (κ2) is 12.2. The fourth-order valence-corrected chi connectivity index (χ4v) is 4.83. The molecular weight excluding hydrogens is 462 g/mol. The third kappa shape index (κ3) is 9.02. The molecule has 1 atom stereocenters. The van der Waals surface area contributed by atoms with Gasteiger partial charge in [0.1, 0.15) is 6.04 Å². The van der Waals surface area contributed by atoms with E-state index in [-0.39, 0.29) is 24.8 Å². The molecule has 0 aromatic heterocycles. The Hall–Kier alpha value is -2.87. The van der Waals surface area contributed by atoms with E-state index in [0.29, 0.717) is 25.1 Å². The summed E-state index contributed by atoms with van der Waals surface area (Å²) in [4.78, 5) is 28.1. The molecule has 2 amide bonds. The first-order valence-electron chi connectivity index (χ1n) is 12.0. The number of rotatable bonds is 11. The maximum absolute atomic E-state index is 13.4. The molecule has 0 spiro atoms. The summed E-state index contributed by atoms with van der Waals surface area (Å²) >= 11 is 0. The zero-order valence-corrected chi connectivity index (χ0v) is 22.6. The molecule has 2 aromatic rings. The van der Waals surface area contributed by atoms with Gasteiger partial charge in [0.2, 0.25) is 21.8 Å². The second-order valence-electron chi connectivity index (χ2n) is 9.94. The third-order valence-corrected chi connectivity index (χ3v) is 6.75. The summed E-state index contributed by atoms with van der Waals surface area (Å²) in [5.41, 5.74) is 2.12. The van der Waals surface area contributed by atoms with Gasteiger partial charge < -0.3 is 10.2 Å². The molecular formula is C27H39N3O4S. The number of hydrogen-bond acceptors (Lipinski definition) is 4. The zero-order valence-electron chi connectivity index (χ0n) is 21.7. The lowest BCUT2D eigenvalue weighted by Gasteiger charge is -2.33. The molecule has 0 fully saturated rings. The largest absolute Gasteiger partial charge is 0.350 e. The Balaban J connectivity index is 2.20. The highest BCUT2D eigenvalue weighted by atomic mass is 32.2. The number of carbonyl (C=O) groups is 2. The highest BCUT2D eigenvalue weighted by molar-refractivity contribution is 7.92. The maximum Gasteiger partial charge on any atom is 0.243 e. The van der Waals surface area contributed by atoms with E-state index in [4.69, 9.17) is 0 Å². The lowest BCUT2D eigenvalue weighted by Crippen LogP contribution is -2.53. The predicted octanol–water partition coefficient (Wildman–Crippen LogP) is 4.26. The Morgan fingerprint density at radius 2 is 1.60 bits per heavy atom. The van der Waals surface area contributed by atoms with E-state index in [0.717, 1.165) is 11.1 Å². The van der Waals surface area contributed by atoms with Crippen molar-refractivity contribution in [3.63, 3.8) is 0 Å². The minimum Gasteiger partial charge on any atom is -0.350 e. The van der Waals surface area contributed by atoms with Gasteiger partial charge in [0.25, 0.3) is 0 Å². The van der Waals surface area contributed by atoms with Crippen LogP contribution in [0.5, 0.6) is 0 Å². The van der Waals surface area contributed by atoms with Gasteiger partial charge in [-0.05, 0) is 58.2 Å². The smallest absolute Gasteiger partial charge is 0.243 e. The molecule has 8 heteroatoms. The van der Waals surface area contributed by atoms with E-state index in [1.807, 2.05) is 77.1 Å². The molecule has 0 radical (unpaired) electrons. The van der Waals surface area contributed by atoms with E-state index in [1.165, 1.54) is 10.6 Å². The predicted molar refractivity (Wildman–Crippen MR) is 142 cm³/mol. The topological polar surface area (TPSA) is 86.8 Å². The third-order valence-electron chi connectivity index (χ3n) is 5.55. The van der Waals surface area contributed by atoms with Crippen LogP contribution < -0.4 is 9.62 Å². The fraction of sp³-hybridized carbons (Fsp3) is 0.481. The van der Waals surface area contributed by atoms with Crippen molar-refractivity contribution >= 4 is 27.5 Å². The average Bonchev–Trinajstić information content (AvgIpc) is 2.76. The summed E-state index contributed by atoms with van der Waals surface area (Å²) in [6.07, 6.45) is 2.10. The number of amides is 2. The fourth-order valence-electron chi connectivity index (χ4n) is 3.87. The lowest BCUT2D eigenvalue weighted by molar-refractivity contribution is -0.142. The number of aryl methyl sites for hydroxylation is 1. The van der Waals surface area contributed by atoms with Crippen molar-refractivity contribution in [2.75, 3.05) is 17.1 Å². The van der Waals surface area contributed by atoms with Crippen LogP contribution in [0.1, 0.15) is 58.1 Å². The number of carbonyl (C=O) groups excluding carboxylic acids is 2. The van der Waals surface area contributed by atoms with Crippen LogP contribution in [0.25, 0.3) is 0 Å². The first kappa shape index (κ1) is 28.4. The molecule has 192 valence electrons. The number of nitrogens with zero attached hydrogens (tertiary/aromatic N) is 2. The number of sulfonamides is 1. The summed E-state index contributed by atoms with van der Waals surface area (Å²) in [6, 6.07) is 16.2. The van der Waals surface area contributed by atoms with Gasteiger partial charge in [-0.3, -0.25) is 13.9 Å². The molecule has 0 bridgehead atoms. The summed E-state index contributed by atoms with van der Waals surface area (Å²) in [6.45, 7) is 10.0. The SMILES string of the molecule is CC[C@H](C(=O)NC(C)(C)C)N(Cc1ccccc1)C(=O)CCCN(c1ccc(C)cc1)S(C)(=O)=O. The van der Waals surface area contributed by atoms with Gasteiger partial charge in [-0.15, -0.1) is 0 Å². The maximum atomic E-state index is 13.4. The molecule has 0 aliphatic heterocycles. The van der Waals surface area contributed by atoms with Crippen LogP contribution in [0.3, 0.4) is 0 Å². The van der Waals surface area contributed by atoms with Crippen LogP contribution in [-0.4, -0.2) is 49.5 Å². The van der Waals surface area contributed by atoms with Gasteiger partial charge in [0, 0.05) is 25.0 Å². The molecule has 35 heavy (non-hydrogen) atoms. The minimum absolute atomic E-state index is 0.129. The molecule has 2 rings (SSSR count). The van der Waals surface area contributed by atoms with Crippen molar-refractivity contribution in [1.82, 2.24) is 10.2 Å². The molecule has 7 nitrogen and oxygen atoms in total. The number of hydrogen-bond donors (Lipinski definition) is 1. The van der Waals surface area contributed by atoms with Crippen LogP contribution in [0, 0.1) is 6.92 Å². The normalized spacial score (nSPS) is 12.6. The van der Waals surface area contributed by atoms with Crippen molar-refractivity contribution in [1.29, 1.82) is 0 Å². The number of benzene rings is 2. The number of nitrogens with one attached hydrogen (secondary N) is 1. The van der Waals surface area contributed by atoms with Gasteiger partial charge in [0.05, 0.1) is 11.9 Å². The highest BCUT2D eigenvalue weighted by Gasteiger charge is 2.30. The highest BCUT2D eigenvalue weighted by Crippen LogP contribution is 2.20. The van der Waals surface area contributed by atoms with Crippen LogP contribution >= 0.6 is 0 Å². The first-order chi connectivity index (χ1) is 16.3. The summed E-state index contributed by atoms with van der Waals surface area (Å²) in [7, 11) is -3.51. The second-order valence-corrected chi connectivity index (χ2v) is 11.9.